The summed E-state index contributed by atoms with van der Waals surface area (Å²) >= 11 is 0. The minimum atomic E-state index is -4.34. The Morgan fingerprint density at radius 1 is 1.29 bits per heavy atom. The number of hydrogen-bond donors (Lipinski definition) is 3. The third kappa shape index (κ3) is 6.03. The van der Waals surface area contributed by atoms with Crippen molar-refractivity contribution in [3.63, 3.8) is 0 Å². The van der Waals surface area contributed by atoms with Crippen molar-refractivity contribution in [2.24, 2.45) is 0 Å². The lowest BCUT2D eigenvalue weighted by atomic mass is 10.1. The van der Waals surface area contributed by atoms with Crippen molar-refractivity contribution in [3.05, 3.63) is 35.4 Å². The number of benzene rings is 1. The van der Waals surface area contributed by atoms with E-state index < -0.39 is 17.8 Å². The van der Waals surface area contributed by atoms with Crippen molar-refractivity contribution in [1.29, 1.82) is 0 Å². The maximum absolute atomic E-state index is 12.4. The molecule has 21 heavy (non-hydrogen) atoms. The van der Waals surface area contributed by atoms with Crippen LogP contribution in [0.5, 0.6) is 0 Å². The highest BCUT2D eigenvalue weighted by atomic mass is 19.4. The van der Waals surface area contributed by atoms with Crippen molar-refractivity contribution < 1.29 is 23.1 Å². The third-order valence-corrected chi connectivity index (χ3v) is 3.03. The summed E-state index contributed by atoms with van der Waals surface area (Å²) in [6, 6.07) is 4.14. The lowest BCUT2D eigenvalue weighted by Crippen LogP contribution is -2.44. The molecule has 1 atom stereocenters. The summed E-state index contributed by atoms with van der Waals surface area (Å²) < 4.78 is 37.1. The zero-order chi connectivity index (χ0) is 15.9. The van der Waals surface area contributed by atoms with Crippen molar-refractivity contribution in [1.82, 2.24) is 10.6 Å². The number of aliphatic hydroxyl groups excluding tert-OH is 1. The minimum absolute atomic E-state index is 0.136. The van der Waals surface area contributed by atoms with E-state index in [1.807, 2.05) is 6.92 Å². The first-order chi connectivity index (χ1) is 9.86. The molecule has 1 aromatic rings. The molecule has 4 nitrogen and oxygen atoms in total. The Bertz CT molecular complexity index is 443. The fraction of sp³-hybridized carbons (Fsp3) is 0.500. The molecule has 118 valence electrons. The Morgan fingerprint density at radius 2 is 1.90 bits per heavy atom. The molecule has 0 bridgehead atoms. The summed E-state index contributed by atoms with van der Waals surface area (Å²) in [7, 11) is 0. The van der Waals surface area contributed by atoms with Crippen LogP contribution in [0.1, 0.15) is 24.5 Å². The van der Waals surface area contributed by atoms with E-state index in [2.05, 4.69) is 10.6 Å². The molecule has 1 rings (SSSR count). The van der Waals surface area contributed by atoms with Crippen molar-refractivity contribution in [2.75, 3.05) is 13.2 Å². The van der Waals surface area contributed by atoms with Gasteiger partial charge in [-0.25, -0.2) is 4.79 Å². The number of aliphatic hydroxyl groups is 1. The van der Waals surface area contributed by atoms with Crippen LogP contribution >= 0.6 is 0 Å². The van der Waals surface area contributed by atoms with Gasteiger partial charge in [-0.2, -0.15) is 13.2 Å². The summed E-state index contributed by atoms with van der Waals surface area (Å²) in [6.45, 7) is 2.01. The van der Waals surface area contributed by atoms with E-state index in [1.54, 1.807) is 0 Å². The standard InChI is InChI=1S/C14H19F3N2O2/c1-2-12(9-20)19-13(21)18-8-7-10-3-5-11(6-4-10)14(15,16)17/h3-6,12,20H,2,7-9H2,1H3,(H2,18,19,21). The van der Waals surface area contributed by atoms with Gasteiger partial charge in [0.25, 0.3) is 0 Å². The predicted molar refractivity (Wildman–Crippen MR) is 72.8 cm³/mol. The minimum Gasteiger partial charge on any atom is -0.394 e. The van der Waals surface area contributed by atoms with Gasteiger partial charge in [0, 0.05) is 6.54 Å². The molecule has 3 N–H and O–H groups in total. The van der Waals surface area contributed by atoms with Gasteiger partial charge >= 0.3 is 12.2 Å². The van der Waals surface area contributed by atoms with Crippen LogP contribution in [0.25, 0.3) is 0 Å². The maximum atomic E-state index is 12.4. The molecule has 0 saturated heterocycles. The molecule has 0 saturated carbocycles. The van der Waals surface area contributed by atoms with Gasteiger partial charge in [-0.05, 0) is 30.5 Å². The molecule has 0 aliphatic heterocycles. The quantitative estimate of drug-likeness (QED) is 0.755. The lowest BCUT2D eigenvalue weighted by molar-refractivity contribution is -0.137. The average Bonchev–Trinajstić information content (AvgIpc) is 2.44. The van der Waals surface area contributed by atoms with Gasteiger partial charge in [0.15, 0.2) is 0 Å². The number of nitrogens with one attached hydrogen (secondary N) is 2. The van der Waals surface area contributed by atoms with E-state index in [4.69, 9.17) is 5.11 Å². The number of alkyl halides is 3. The van der Waals surface area contributed by atoms with E-state index >= 15 is 0 Å². The van der Waals surface area contributed by atoms with Crippen LogP contribution in [0.15, 0.2) is 24.3 Å². The molecule has 0 fully saturated rings. The fourth-order valence-corrected chi connectivity index (χ4v) is 1.69. The molecule has 0 heterocycles. The largest absolute Gasteiger partial charge is 0.416 e. The molecule has 0 aromatic heterocycles. The smallest absolute Gasteiger partial charge is 0.394 e. The number of rotatable bonds is 6. The van der Waals surface area contributed by atoms with Gasteiger partial charge < -0.3 is 15.7 Å². The molecule has 0 spiro atoms. The van der Waals surface area contributed by atoms with Crippen LogP contribution in [0.3, 0.4) is 0 Å². The molecule has 7 heteroatoms. The zero-order valence-electron chi connectivity index (χ0n) is 11.7. The van der Waals surface area contributed by atoms with Crippen molar-refractivity contribution in [2.45, 2.75) is 32.0 Å². The summed E-state index contributed by atoms with van der Waals surface area (Å²) in [5.74, 6) is 0. The summed E-state index contributed by atoms with van der Waals surface area (Å²) in [6.07, 6.45) is -3.29. The van der Waals surface area contributed by atoms with Crippen LogP contribution in [-0.4, -0.2) is 30.3 Å². The van der Waals surface area contributed by atoms with Gasteiger partial charge in [0.1, 0.15) is 0 Å². The zero-order valence-corrected chi connectivity index (χ0v) is 11.7. The Labute approximate surface area is 121 Å². The topological polar surface area (TPSA) is 61.4 Å². The summed E-state index contributed by atoms with van der Waals surface area (Å²) in [5, 5.41) is 14.1. The molecule has 0 aliphatic carbocycles. The second-order valence-electron chi connectivity index (χ2n) is 4.63. The predicted octanol–water partition coefficient (Wildman–Crippen LogP) is 2.32. The Hall–Kier alpha value is -1.76. The Balaban J connectivity index is 2.37. The molecule has 1 aromatic carbocycles. The lowest BCUT2D eigenvalue weighted by Gasteiger charge is -2.14. The monoisotopic (exact) mass is 304 g/mol. The van der Waals surface area contributed by atoms with Gasteiger partial charge in [-0.15, -0.1) is 0 Å². The highest BCUT2D eigenvalue weighted by Crippen LogP contribution is 2.29. The first-order valence-corrected chi connectivity index (χ1v) is 6.68. The molecule has 1 unspecified atom stereocenters. The summed E-state index contributed by atoms with van der Waals surface area (Å²) in [5.41, 5.74) is 0.0168. The number of hydrogen-bond acceptors (Lipinski definition) is 2. The Morgan fingerprint density at radius 3 is 2.38 bits per heavy atom. The number of halogens is 3. The van der Waals surface area contributed by atoms with Gasteiger partial charge in [-0.1, -0.05) is 19.1 Å². The average molecular weight is 304 g/mol. The van der Waals surface area contributed by atoms with Gasteiger partial charge in [-0.3, -0.25) is 0 Å². The number of carbonyl (C=O) groups is 1. The molecular formula is C14H19F3N2O2. The first-order valence-electron chi connectivity index (χ1n) is 6.68. The van der Waals surface area contributed by atoms with Crippen LogP contribution in [0.4, 0.5) is 18.0 Å². The van der Waals surface area contributed by atoms with E-state index in [-0.39, 0.29) is 12.6 Å². The van der Waals surface area contributed by atoms with Crippen LogP contribution in [0.2, 0.25) is 0 Å². The third-order valence-electron chi connectivity index (χ3n) is 3.03. The van der Waals surface area contributed by atoms with Crippen LogP contribution in [0, 0.1) is 0 Å². The molecular weight excluding hydrogens is 285 g/mol. The number of urea groups is 1. The van der Waals surface area contributed by atoms with Crippen LogP contribution < -0.4 is 10.6 Å². The number of amides is 2. The van der Waals surface area contributed by atoms with E-state index in [9.17, 15) is 18.0 Å². The number of carbonyl (C=O) groups excluding carboxylic acids is 1. The van der Waals surface area contributed by atoms with E-state index in [1.165, 1.54) is 12.1 Å². The van der Waals surface area contributed by atoms with Crippen LogP contribution in [-0.2, 0) is 12.6 Å². The fourth-order valence-electron chi connectivity index (χ4n) is 1.69. The normalized spacial score (nSPS) is 12.8. The van der Waals surface area contributed by atoms with Crippen molar-refractivity contribution in [3.8, 4) is 0 Å². The molecule has 2 amide bonds. The van der Waals surface area contributed by atoms with E-state index in [0.29, 0.717) is 24.9 Å². The first kappa shape index (κ1) is 17.3. The van der Waals surface area contributed by atoms with Crippen molar-refractivity contribution >= 4 is 6.03 Å². The second-order valence-corrected chi connectivity index (χ2v) is 4.63. The van der Waals surface area contributed by atoms with E-state index in [0.717, 1.165) is 12.1 Å². The molecule has 0 radical (unpaired) electrons. The second kappa shape index (κ2) is 7.87. The summed E-state index contributed by atoms with van der Waals surface area (Å²) in [4.78, 5) is 11.5. The maximum Gasteiger partial charge on any atom is 0.416 e. The van der Waals surface area contributed by atoms with Gasteiger partial charge in [0.05, 0.1) is 18.2 Å². The highest BCUT2D eigenvalue weighted by molar-refractivity contribution is 5.74. The molecule has 0 aliphatic rings. The Kier molecular flexibility index (Phi) is 6.48. The van der Waals surface area contributed by atoms with Gasteiger partial charge in [0.2, 0.25) is 0 Å². The SMILES string of the molecule is CCC(CO)NC(=O)NCCc1ccc(C(F)(F)F)cc1. The highest BCUT2D eigenvalue weighted by Gasteiger charge is 2.29.